The van der Waals surface area contributed by atoms with Gasteiger partial charge >= 0.3 is 5.97 Å². The third kappa shape index (κ3) is 3.31. The van der Waals surface area contributed by atoms with E-state index in [-0.39, 0.29) is 12.2 Å². The van der Waals surface area contributed by atoms with Crippen LogP contribution < -0.4 is 5.73 Å². The molecule has 16 heavy (non-hydrogen) atoms. The van der Waals surface area contributed by atoms with Gasteiger partial charge in [-0.3, -0.25) is 4.79 Å². The minimum Gasteiger partial charge on any atom is -0.466 e. The highest BCUT2D eigenvalue weighted by Crippen LogP contribution is 2.19. The van der Waals surface area contributed by atoms with Crippen LogP contribution in [0.25, 0.3) is 0 Å². The maximum atomic E-state index is 13.4. The molecule has 3 nitrogen and oxygen atoms in total. The molecule has 0 radical (unpaired) electrons. The Morgan fingerprint density at radius 3 is 2.88 bits per heavy atom. The topological polar surface area (TPSA) is 52.3 Å². The number of hydrogen-bond donors (Lipinski definition) is 1. The monoisotopic (exact) mass is 225 g/mol. The number of benzene rings is 1. The van der Waals surface area contributed by atoms with Crippen LogP contribution in [0.3, 0.4) is 0 Å². The molecule has 1 aromatic rings. The van der Waals surface area contributed by atoms with Gasteiger partial charge in [-0.25, -0.2) is 4.39 Å². The molecule has 0 aliphatic carbocycles. The van der Waals surface area contributed by atoms with Gasteiger partial charge < -0.3 is 10.5 Å². The first kappa shape index (κ1) is 12.6. The van der Waals surface area contributed by atoms with E-state index in [1.807, 2.05) is 6.92 Å². The Kier molecular flexibility index (Phi) is 4.43. The second-order valence-corrected chi connectivity index (χ2v) is 3.64. The number of hydrogen-bond acceptors (Lipinski definition) is 3. The summed E-state index contributed by atoms with van der Waals surface area (Å²) < 4.78 is 18.2. The van der Waals surface area contributed by atoms with E-state index < -0.39 is 12.0 Å². The van der Waals surface area contributed by atoms with Gasteiger partial charge in [-0.1, -0.05) is 17.7 Å². The SMILES string of the molecule is CCOC(=O)C[C@H](N)c1cc(C)ccc1F. The van der Waals surface area contributed by atoms with Gasteiger partial charge in [-0.2, -0.15) is 0 Å². The molecule has 2 N–H and O–H groups in total. The summed E-state index contributed by atoms with van der Waals surface area (Å²) in [5.41, 5.74) is 7.02. The number of carbonyl (C=O) groups excluding carboxylic acids is 1. The molecule has 0 saturated carbocycles. The molecule has 88 valence electrons. The van der Waals surface area contributed by atoms with Gasteiger partial charge in [0.1, 0.15) is 5.82 Å². The van der Waals surface area contributed by atoms with E-state index in [2.05, 4.69) is 0 Å². The predicted molar refractivity (Wildman–Crippen MR) is 59.3 cm³/mol. The van der Waals surface area contributed by atoms with Crippen molar-refractivity contribution in [3.8, 4) is 0 Å². The van der Waals surface area contributed by atoms with E-state index in [9.17, 15) is 9.18 Å². The summed E-state index contributed by atoms with van der Waals surface area (Å²) in [5, 5.41) is 0. The molecule has 0 fully saturated rings. The van der Waals surface area contributed by atoms with Crippen LogP contribution in [-0.2, 0) is 9.53 Å². The van der Waals surface area contributed by atoms with Crippen LogP contribution in [-0.4, -0.2) is 12.6 Å². The van der Waals surface area contributed by atoms with Gasteiger partial charge in [-0.15, -0.1) is 0 Å². The molecule has 1 aromatic carbocycles. The van der Waals surface area contributed by atoms with Crippen molar-refractivity contribution in [3.63, 3.8) is 0 Å². The summed E-state index contributed by atoms with van der Waals surface area (Å²) in [6.45, 7) is 3.87. The number of halogens is 1. The zero-order valence-electron chi connectivity index (χ0n) is 9.50. The number of aryl methyl sites for hydroxylation is 1. The summed E-state index contributed by atoms with van der Waals surface area (Å²) in [7, 11) is 0. The Morgan fingerprint density at radius 1 is 1.56 bits per heavy atom. The zero-order chi connectivity index (χ0) is 12.1. The van der Waals surface area contributed by atoms with Crippen LogP contribution in [0.1, 0.15) is 30.5 Å². The average Bonchev–Trinajstić information content (AvgIpc) is 2.21. The molecule has 0 heterocycles. The molecule has 0 unspecified atom stereocenters. The van der Waals surface area contributed by atoms with E-state index in [1.165, 1.54) is 6.07 Å². The van der Waals surface area contributed by atoms with Crippen molar-refractivity contribution in [3.05, 3.63) is 35.1 Å². The van der Waals surface area contributed by atoms with Crippen molar-refractivity contribution in [2.75, 3.05) is 6.61 Å². The van der Waals surface area contributed by atoms with Crippen LogP contribution in [0, 0.1) is 12.7 Å². The van der Waals surface area contributed by atoms with E-state index in [0.717, 1.165) is 5.56 Å². The van der Waals surface area contributed by atoms with Crippen LogP contribution >= 0.6 is 0 Å². The number of carbonyl (C=O) groups is 1. The molecule has 4 heteroatoms. The Hall–Kier alpha value is -1.42. The van der Waals surface area contributed by atoms with Gasteiger partial charge in [-0.05, 0) is 19.9 Å². The largest absolute Gasteiger partial charge is 0.466 e. The predicted octanol–water partition coefficient (Wildman–Crippen LogP) is 2.09. The molecular formula is C12H16FNO2. The minimum atomic E-state index is -0.654. The summed E-state index contributed by atoms with van der Waals surface area (Å²) in [6.07, 6.45) is -0.00574. The lowest BCUT2D eigenvalue weighted by molar-refractivity contribution is -0.143. The smallest absolute Gasteiger partial charge is 0.307 e. The van der Waals surface area contributed by atoms with Crippen molar-refractivity contribution in [2.24, 2.45) is 5.73 Å². The quantitative estimate of drug-likeness (QED) is 0.798. The maximum Gasteiger partial charge on any atom is 0.307 e. The van der Waals surface area contributed by atoms with Gasteiger partial charge in [0.2, 0.25) is 0 Å². The Morgan fingerprint density at radius 2 is 2.25 bits per heavy atom. The average molecular weight is 225 g/mol. The second-order valence-electron chi connectivity index (χ2n) is 3.64. The number of nitrogens with two attached hydrogens (primary N) is 1. The Balaban J connectivity index is 2.76. The van der Waals surface area contributed by atoms with Gasteiger partial charge in [0.25, 0.3) is 0 Å². The summed E-state index contributed by atoms with van der Waals surface area (Å²) in [6, 6.07) is 4.02. The Labute approximate surface area is 94.4 Å². The summed E-state index contributed by atoms with van der Waals surface area (Å²) in [5.74, 6) is -0.793. The van der Waals surface area contributed by atoms with Crippen LogP contribution in [0.2, 0.25) is 0 Å². The van der Waals surface area contributed by atoms with Crippen molar-refractivity contribution in [2.45, 2.75) is 26.3 Å². The number of esters is 1. The van der Waals surface area contributed by atoms with Crippen molar-refractivity contribution in [1.82, 2.24) is 0 Å². The molecule has 0 spiro atoms. The standard InChI is InChI=1S/C12H16FNO2/c1-3-16-12(15)7-11(14)9-6-8(2)4-5-10(9)13/h4-6,11H,3,7,14H2,1-2H3/t11-/m0/s1. The first-order valence-corrected chi connectivity index (χ1v) is 5.21. The van der Waals surface area contributed by atoms with Crippen LogP contribution in [0.15, 0.2) is 18.2 Å². The third-order valence-electron chi connectivity index (χ3n) is 2.24. The molecule has 0 aliphatic rings. The lowest BCUT2D eigenvalue weighted by Gasteiger charge is -2.12. The fraction of sp³-hybridized carbons (Fsp3) is 0.417. The molecule has 0 amide bonds. The minimum absolute atomic E-state index is 0.00574. The highest BCUT2D eigenvalue weighted by Gasteiger charge is 2.16. The lowest BCUT2D eigenvalue weighted by atomic mass is 10.0. The highest BCUT2D eigenvalue weighted by molar-refractivity contribution is 5.70. The van der Waals surface area contributed by atoms with Crippen molar-refractivity contribution in [1.29, 1.82) is 0 Å². The van der Waals surface area contributed by atoms with E-state index in [1.54, 1.807) is 19.1 Å². The van der Waals surface area contributed by atoms with Crippen molar-refractivity contribution < 1.29 is 13.9 Å². The molecular weight excluding hydrogens is 209 g/mol. The fourth-order valence-electron chi connectivity index (χ4n) is 1.46. The normalized spacial score (nSPS) is 12.2. The maximum absolute atomic E-state index is 13.4. The molecule has 0 bridgehead atoms. The molecule has 0 aromatic heterocycles. The molecule has 1 rings (SSSR count). The summed E-state index contributed by atoms with van der Waals surface area (Å²) >= 11 is 0. The number of ether oxygens (including phenoxy) is 1. The van der Waals surface area contributed by atoms with Gasteiger partial charge in [0, 0.05) is 11.6 Å². The first-order valence-electron chi connectivity index (χ1n) is 5.21. The van der Waals surface area contributed by atoms with E-state index >= 15 is 0 Å². The van der Waals surface area contributed by atoms with Gasteiger partial charge in [0.15, 0.2) is 0 Å². The first-order chi connectivity index (χ1) is 7.54. The van der Waals surface area contributed by atoms with Gasteiger partial charge in [0.05, 0.1) is 13.0 Å². The van der Waals surface area contributed by atoms with E-state index in [4.69, 9.17) is 10.5 Å². The fourth-order valence-corrected chi connectivity index (χ4v) is 1.46. The molecule has 0 aliphatic heterocycles. The number of rotatable bonds is 4. The third-order valence-corrected chi connectivity index (χ3v) is 2.24. The van der Waals surface area contributed by atoms with Crippen LogP contribution in [0.4, 0.5) is 4.39 Å². The van der Waals surface area contributed by atoms with Crippen LogP contribution in [0.5, 0.6) is 0 Å². The molecule has 1 atom stereocenters. The second kappa shape index (κ2) is 5.61. The zero-order valence-corrected chi connectivity index (χ0v) is 9.50. The Bertz CT molecular complexity index is 379. The van der Waals surface area contributed by atoms with Crippen molar-refractivity contribution >= 4 is 5.97 Å². The lowest BCUT2D eigenvalue weighted by Crippen LogP contribution is -2.18. The summed E-state index contributed by atoms with van der Waals surface area (Å²) in [4.78, 5) is 11.2. The van der Waals surface area contributed by atoms with E-state index in [0.29, 0.717) is 12.2 Å². The molecule has 0 saturated heterocycles. The highest BCUT2D eigenvalue weighted by atomic mass is 19.1.